The van der Waals surface area contributed by atoms with Gasteiger partial charge in [0, 0.05) is 6.61 Å². The molecule has 0 radical (unpaired) electrons. The van der Waals surface area contributed by atoms with Crippen molar-refractivity contribution in [3.05, 3.63) is 36.9 Å². The fraction of sp³-hybridized carbons (Fsp3) is 0.222. The summed E-state index contributed by atoms with van der Waals surface area (Å²) in [7, 11) is 1.27. The van der Waals surface area contributed by atoms with Crippen molar-refractivity contribution in [3.8, 4) is 5.75 Å². The molecule has 0 unspecified atom stereocenters. The summed E-state index contributed by atoms with van der Waals surface area (Å²) in [5, 5.41) is 0. The zero-order valence-corrected chi connectivity index (χ0v) is 12.4. The molecule has 1 aromatic carbocycles. The van der Waals surface area contributed by atoms with E-state index in [2.05, 4.69) is 7.11 Å². The van der Waals surface area contributed by atoms with Gasteiger partial charge in [0.2, 0.25) is 0 Å². The van der Waals surface area contributed by atoms with Crippen molar-refractivity contribution >= 4 is 7.54 Å². The van der Waals surface area contributed by atoms with Crippen molar-refractivity contribution in [2.75, 3.05) is 7.11 Å². The van der Waals surface area contributed by atoms with E-state index >= 15 is 0 Å². The van der Waals surface area contributed by atoms with Crippen molar-refractivity contribution in [2.45, 2.75) is 6.61 Å². The van der Waals surface area contributed by atoms with Crippen LogP contribution in [0.25, 0.3) is 0 Å². The van der Waals surface area contributed by atoms with Crippen LogP contribution in [0.4, 0.5) is 12.9 Å². The summed E-state index contributed by atoms with van der Waals surface area (Å²) in [5.41, 5.74) is 1.10. The standard InChI is InChI=1S/C9H11O2.BF3.K/c1-10-7-8-3-5-9(11-2)6-4-8;2-1(3)4;/h3-6H,1,7H2,2H3;;/q-1;;+1. The predicted molar refractivity (Wildman–Crippen MR) is 52.2 cm³/mol. The molecule has 0 aliphatic carbocycles. The van der Waals surface area contributed by atoms with Gasteiger partial charge in [-0.05, 0) is 17.7 Å². The van der Waals surface area contributed by atoms with Gasteiger partial charge in [0.1, 0.15) is 5.75 Å². The van der Waals surface area contributed by atoms with Crippen LogP contribution in [0.15, 0.2) is 24.3 Å². The van der Waals surface area contributed by atoms with E-state index in [0.717, 1.165) is 11.3 Å². The third kappa shape index (κ3) is 11.0. The van der Waals surface area contributed by atoms with Crippen LogP contribution in [0.2, 0.25) is 0 Å². The van der Waals surface area contributed by atoms with E-state index in [0.29, 0.717) is 6.61 Å². The summed E-state index contributed by atoms with van der Waals surface area (Å²) in [6.07, 6.45) is 0. The molecular weight excluding hydrogens is 247 g/mol. The molecule has 7 heteroatoms. The SMILES string of the molecule is FB(F)F.[CH2-]OCc1ccc(OC)cc1.[K+]. The maximum absolute atomic E-state index is 9.67. The molecule has 0 amide bonds. The number of hydrogen-bond acceptors (Lipinski definition) is 2. The molecule has 0 heterocycles. The Balaban J connectivity index is 0. The second-order valence-corrected chi connectivity index (χ2v) is 2.44. The quantitative estimate of drug-likeness (QED) is 0.556. The van der Waals surface area contributed by atoms with Gasteiger partial charge in [-0.25, -0.2) is 7.11 Å². The summed E-state index contributed by atoms with van der Waals surface area (Å²) in [4.78, 5) is 0. The van der Waals surface area contributed by atoms with Gasteiger partial charge in [0.25, 0.3) is 0 Å². The molecule has 0 aliphatic heterocycles. The number of hydrogen-bond donors (Lipinski definition) is 0. The molecule has 16 heavy (non-hydrogen) atoms. The molecule has 0 aliphatic rings. The predicted octanol–water partition coefficient (Wildman–Crippen LogP) is -0.113. The van der Waals surface area contributed by atoms with Crippen LogP contribution in [0.5, 0.6) is 5.75 Å². The Labute approximate surface area is 136 Å². The fourth-order valence-corrected chi connectivity index (χ4v) is 0.840. The van der Waals surface area contributed by atoms with E-state index in [9.17, 15) is 12.9 Å². The van der Waals surface area contributed by atoms with E-state index in [1.807, 2.05) is 24.3 Å². The third-order valence-electron chi connectivity index (χ3n) is 1.43. The molecule has 84 valence electrons. The Morgan fingerprint density at radius 3 is 1.94 bits per heavy atom. The van der Waals surface area contributed by atoms with Crippen LogP contribution >= 0.6 is 0 Å². The van der Waals surface area contributed by atoms with E-state index in [1.165, 1.54) is 0 Å². The zero-order valence-electron chi connectivity index (χ0n) is 9.25. The van der Waals surface area contributed by atoms with Gasteiger partial charge in [0.05, 0.1) is 7.11 Å². The van der Waals surface area contributed by atoms with Crippen LogP contribution < -0.4 is 56.1 Å². The first-order valence-corrected chi connectivity index (χ1v) is 4.02. The first-order valence-electron chi connectivity index (χ1n) is 4.02. The van der Waals surface area contributed by atoms with Gasteiger partial charge in [-0.1, -0.05) is 12.1 Å². The van der Waals surface area contributed by atoms with Gasteiger partial charge in [0.15, 0.2) is 0 Å². The molecule has 0 saturated carbocycles. The summed E-state index contributed by atoms with van der Waals surface area (Å²) in [5.74, 6) is 0.859. The van der Waals surface area contributed by atoms with Crippen molar-refractivity contribution in [1.29, 1.82) is 0 Å². The van der Waals surface area contributed by atoms with Gasteiger partial charge < -0.3 is 9.47 Å². The van der Waals surface area contributed by atoms with Crippen LogP contribution in [0, 0.1) is 7.11 Å². The number of rotatable bonds is 3. The largest absolute Gasteiger partial charge is 1.00 e. The minimum Gasteiger partial charge on any atom is -0.552 e. The van der Waals surface area contributed by atoms with Gasteiger partial charge in [-0.2, -0.15) is 0 Å². The minimum atomic E-state index is -3.67. The summed E-state index contributed by atoms with van der Waals surface area (Å²) in [6, 6.07) is 7.69. The zero-order chi connectivity index (χ0) is 11.7. The second-order valence-electron chi connectivity index (χ2n) is 2.44. The van der Waals surface area contributed by atoms with Gasteiger partial charge >= 0.3 is 58.9 Å². The Morgan fingerprint density at radius 2 is 1.62 bits per heavy atom. The molecule has 0 bridgehead atoms. The average molecular weight is 258 g/mol. The molecule has 0 atom stereocenters. The Kier molecular flexibility index (Phi) is 14.1. The number of benzene rings is 1. The van der Waals surface area contributed by atoms with E-state index in [4.69, 9.17) is 9.47 Å². The molecular formula is C9H11BF3KO2. The summed E-state index contributed by atoms with van der Waals surface area (Å²) in [6.45, 7) is 0.546. The average Bonchev–Trinajstić information content (AvgIpc) is 2.19. The van der Waals surface area contributed by atoms with Gasteiger partial charge in [-0.3, -0.25) is 12.9 Å². The molecule has 0 spiro atoms. The first-order chi connectivity index (χ1) is 7.10. The van der Waals surface area contributed by atoms with Crippen molar-refractivity contribution in [2.24, 2.45) is 0 Å². The Bertz CT molecular complexity index is 257. The maximum atomic E-state index is 9.67. The van der Waals surface area contributed by atoms with Crippen molar-refractivity contribution in [1.82, 2.24) is 0 Å². The minimum absolute atomic E-state index is 0. The van der Waals surface area contributed by atoms with Crippen LogP contribution in [0.3, 0.4) is 0 Å². The molecule has 0 fully saturated rings. The van der Waals surface area contributed by atoms with Crippen LogP contribution in [0.1, 0.15) is 5.56 Å². The Morgan fingerprint density at radius 1 is 1.19 bits per heavy atom. The summed E-state index contributed by atoms with van der Waals surface area (Å²) >= 11 is 0. The van der Waals surface area contributed by atoms with Gasteiger partial charge in [-0.15, -0.1) is 0 Å². The molecule has 2 nitrogen and oxygen atoms in total. The first kappa shape index (κ1) is 18.8. The normalized spacial score (nSPS) is 8.31. The van der Waals surface area contributed by atoms with Crippen LogP contribution in [-0.2, 0) is 11.3 Å². The Hall–Kier alpha value is 0.471. The maximum Gasteiger partial charge on any atom is 1.00 e. The molecule has 0 N–H and O–H groups in total. The second kappa shape index (κ2) is 11.9. The molecule has 1 aromatic rings. The number of halogens is 3. The smallest absolute Gasteiger partial charge is 0.552 e. The van der Waals surface area contributed by atoms with E-state index in [1.54, 1.807) is 7.11 Å². The monoisotopic (exact) mass is 258 g/mol. The number of methoxy groups -OCH3 is 1. The number of ether oxygens (including phenoxy) is 2. The molecule has 0 aromatic heterocycles. The molecule has 0 saturated heterocycles. The summed E-state index contributed by atoms with van der Waals surface area (Å²) < 4.78 is 38.7. The fourth-order valence-electron chi connectivity index (χ4n) is 0.840. The third-order valence-corrected chi connectivity index (χ3v) is 1.43. The van der Waals surface area contributed by atoms with E-state index < -0.39 is 7.54 Å². The van der Waals surface area contributed by atoms with Crippen LogP contribution in [-0.4, -0.2) is 14.7 Å². The topological polar surface area (TPSA) is 18.5 Å². The molecule has 1 rings (SSSR count). The van der Waals surface area contributed by atoms with E-state index in [-0.39, 0.29) is 51.4 Å². The van der Waals surface area contributed by atoms with Crippen molar-refractivity contribution in [3.63, 3.8) is 0 Å². The van der Waals surface area contributed by atoms with Crippen molar-refractivity contribution < 1.29 is 73.8 Å².